The van der Waals surface area contributed by atoms with E-state index in [1.165, 1.54) is 72.9 Å². The molecule has 3 nitrogen and oxygen atoms in total. The average Bonchev–Trinajstić information content (AvgIpc) is 2.98. The second kappa shape index (κ2) is 11.6. The minimum absolute atomic E-state index is 0.0341. The molecule has 3 heteroatoms. The van der Waals surface area contributed by atoms with Crippen LogP contribution in [0.1, 0.15) is 112 Å². The van der Waals surface area contributed by atoms with Crippen LogP contribution in [0.25, 0.3) is 43.1 Å². The van der Waals surface area contributed by atoms with Gasteiger partial charge in [-0.25, -0.2) is 0 Å². The van der Waals surface area contributed by atoms with Crippen LogP contribution in [0.15, 0.2) is 60.7 Å². The second-order valence-electron chi connectivity index (χ2n) is 11.8. The number of benzene rings is 5. The van der Waals surface area contributed by atoms with Gasteiger partial charge in [0.25, 0.3) is 11.8 Å². The molecule has 0 bridgehead atoms. The molecule has 1 aliphatic heterocycles. The van der Waals surface area contributed by atoms with E-state index in [1.54, 1.807) is 4.90 Å². The molecule has 40 heavy (non-hydrogen) atoms. The Morgan fingerprint density at radius 3 is 1.50 bits per heavy atom. The van der Waals surface area contributed by atoms with E-state index >= 15 is 0 Å². The van der Waals surface area contributed by atoms with Crippen molar-refractivity contribution in [2.45, 2.75) is 96.9 Å². The van der Waals surface area contributed by atoms with Crippen molar-refractivity contribution in [2.75, 3.05) is 0 Å². The van der Waals surface area contributed by atoms with Gasteiger partial charge in [-0.05, 0) is 62.7 Å². The fraction of sp³-hybridized carbons (Fsp3) is 0.405. The van der Waals surface area contributed by atoms with Gasteiger partial charge in [-0.15, -0.1) is 0 Å². The summed E-state index contributed by atoms with van der Waals surface area (Å²) in [6.07, 6.45) is 13.7. The first-order valence-electron chi connectivity index (χ1n) is 15.7. The highest BCUT2D eigenvalue weighted by atomic mass is 16.2. The number of nitrogens with zero attached hydrogens (tertiary/aromatic N) is 1. The molecule has 6 rings (SSSR count). The van der Waals surface area contributed by atoms with Gasteiger partial charge in [0.2, 0.25) is 0 Å². The van der Waals surface area contributed by atoms with E-state index in [2.05, 4.69) is 62.4 Å². The predicted octanol–water partition coefficient (Wildman–Crippen LogP) is 10.4. The maximum Gasteiger partial charge on any atom is 0.261 e. The van der Waals surface area contributed by atoms with Crippen LogP contribution in [-0.2, 0) is 0 Å². The summed E-state index contributed by atoms with van der Waals surface area (Å²) < 4.78 is 0. The Labute approximate surface area is 237 Å². The van der Waals surface area contributed by atoms with Gasteiger partial charge in [0.05, 0.1) is 0 Å². The summed E-state index contributed by atoms with van der Waals surface area (Å²) in [6, 6.07) is 21.0. The van der Waals surface area contributed by atoms with Crippen LogP contribution in [0.3, 0.4) is 0 Å². The summed E-state index contributed by atoms with van der Waals surface area (Å²) in [5.74, 6) is -0.212. The van der Waals surface area contributed by atoms with Crippen LogP contribution in [0, 0.1) is 0 Å². The van der Waals surface area contributed by atoms with Crippen LogP contribution in [0.2, 0.25) is 0 Å². The van der Waals surface area contributed by atoms with Crippen LogP contribution in [0.4, 0.5) is 0 Å². The van der Waals surface area contributed by atoms with Crippen LogP contribution in [0.5, 0.6) is 0 Å². The summed E-state index contributed by atoms with van der Waals surface area (Å²) in [7, 11) is 0. The zero-order valence-corrected chi connectivity index (χ0v) is 24.1. The topological polar surface area (TPSA) is 37.4 Å². The third-order valence-corrected chi connectivity index (χ3v) is 9.19. The molecule has 1 heterocycles. The van der Waals surface area contributed by atoms with Gasteiger partial charge in [-0.3, -0.25) is 14.5 Å². The van der Waals surface area contributed by atoms with Gasteiger partial charge in [0.1, 0.15) is 0 Å². The first kappa shape index (κ1) is 26.7. The smallest absolute Gasteiger partial charge is 0.261 e. The minimum atomic E-state index is -0.106. The zero-order chi connectivity index (χ0) is 27.6. The van der Waals surface area contributed by atoms with Gasteiger partial charge in [-0.2, -0.15) is 0 Å². The highest BCUT2D eigenvalue weighted by Crippen LogP contribution is 2.44. The van der Waals surface area contributed by atoms with Crippen molar-refractivity contribution in [2.24, 2.45) is 0 Å². The van der Waals surface area contributed by atoms with Gasteiger partial charge in [-0.1, -0.05) is 127 Å². The van der Waals surface area contributed by atoms with Crippen LogP contribution < -0.4 is 0 Å². The Morgan fingerprint density at radius 2 is 1.00 bits per heavy atom. The quantitative estimate of drug-likeness (QED) is 0.0656. The fourth-order valence-corrected chi connectivity index (χ4v) is 7.14. The number of carbonyl (C=O) groups excluding carboxylic acids is 2. The van der Waals surface area contributed by atoms with Crippen molar-refractivity contribution in [3.05, 3.63) is 71.8 Å². The van der Waals surface area contributed by atoms with E-state index < -0.39 is 0 Å². The van der Waals surface area contributed by atoms with E-state index in [1.807, 2.05) is 12.1 Å². The number of amides is 2. The lowest BCUT2D eigenvalue weighted by atomic mass is 9.84. The van der Waals surface area contributed by atoms with E-state index in [9.17, 15) is 9.59 Å². The lowest BCUT2D eigenvalue weighted by Crippen LogP contribution is -2.47. The Balaban J connectivity index is 1.41. The zero-order valence-electron chi connectivity index (χ0n) is 24.1. The third-order valence-electron chi connectivity index (χ3n) is 9.19. The molecule has 0 aliphatic carbocycles. The van der Waals surface area contributed by atoms with Crippen LogP contribution >= 0.6 is 0 Å². The summed E-state index contributed by atoms with van der Waals surface area (Å²) >= 11 is 0. The lowest BCUT2D eigenvalue weighted by Gasteiger charge is -2.34. The largest absolute Gasteiger partial charge is 0.271 e. The summed E-state index contributed by atoms with van der Waals surface area (Å²) in [5, 5.41) is 8.98. The maximum absolute atomic E-state index is 14.2. The summed E-state index contributed by atoms with van der Waals surface area (Å²) in [5.41, 5.74) is 1.37. The van der Waals surface area contributed by atoms with Crippen molar-refractivity contribution in [3.63, 3.8) is 0 Å². The third kappa shape index (κ3) is 4.54. The van der Waals surface area contributed by atoms with Gasteiger partial charge in [0, 0.05) is 22.6 Å². The number of hydrogen-bond acceptors (Lipinski definition) is 2. The molecule has 5 aromatic carbocycles. The molecule has 0 atom stereocenters. The van der Waals surface area contributed by atoms with E-state index in [-0.39, 0.29) is 17.9 Å². The molecule has 1 aliphatic rings. The first-order chi connectivity index (χ1) is 19.7. The standard InChI is InChI=1S/C37H41NO2/c1-3-5-7-9-11-17-26(18-12-10-8-6-4-2)38-36(39)31-23-21-29-27-19-13-15-25-16-14-20-28(33(25)27)30-22-24-32(37(38)40)35(31)34(29)30/h13-16,19-24,26H,3-12,17-18H2,1-2H3. The van der Waals surface area contributed by atoms with E-state index in [0.717, 1.165) is 47.2 Å². The Bertz CT molecular complexity index is 1570. The number of carbonyl (C=O) groups is 2. The molecule has 206 valence electrons. The van der Waals surface area contributed by atoms with Crippen molar-refractivity contribution < 1.29 is 9.59 Å². The molecule has 0 N–H and O–H groups in total. The molecule has 0 aromatic heterocycles. The van der Waals surface area contributed by atoms with Crippen molar-refractivity contribution in [3.8, 4) is 0 Å². The maximum atomic E-state index is 14.2. The van der Waals surface area contributed by atoms with Crippen molar-refractivity contribution in [1.29, 1.82) is 0 Å². The number of hydrogen-bond donors (Lipinski definition) is 0. The highest BCUT2D eigenvalue weighted by molar-refractivity contribution is 6.38. The number of unbranched alkanes of at least 4 members (excludes halogenated alkanes) is 8. The molecule has 0 saturated carbocycles. The molecule has 0 radical (unpaired) electrons. The molecule has 0 unspecified atom stereocenters. The molecule has 2 amide bonds. The van der Waals surface area contributed by atoms with Crippen molar-refractivity contribution >= 4 is 54.9 Å². The second-order valence-corrected chi connectivity index (χ2v) is 11.8. The fourth-order valence-electron chi connectivity index (χ4n) is 7.14. The molecular formula is C37H41NO2. The van der Waals surface area contributed by atoms with Gasteiger partial charge < -0.3 is 0 Å². The number of rotatable bonds is 13. The normalized spacial score (nSPS) is 13.7. The van der Waals surface area contributed by atoms with Crippen molar-refractivity contribution in [1.82, 2.24) is 4.90 Å². The van der Waals surface area contributed by atoms with E-state index in [0.29, 0.717) is 11.1 Å². The molecular weight excluding hydrogens is 490 g/mol. The Hall–Kier alpha value is -3.46. The average molecular weight is 532 g/mol. The minimum Gasteiger partial charge on any atom is -0.271 e. The monoisotopic (exact) mass is 531 g/mol. The number of imide groups is 1. The summed E-state index contributed by atoms with van der Waals surface area (Å²) in [6.45, 7) is 4.47. The molecule has 0 saturated heterocycles. The first-order valence-corrected chi connectivity index (χ1v) is 15.7. The van der Waals surface area contributed by atoms with Gasteiger partial charge in [0.15, 0.2) is 0 Å². The Kier molecular flexibility index (Phi) is 7.74. The summed E-state index contributed by atoms with van der Waals surface area (Å²) in [4.78, 5) is 30.0. The van der Waals surface area contributed by atoms with Gasteiger partial charge >= 0.3 is 0 Å². The molecule has 0 spiro atoms. The number of fused-ring (bicyclic) bond motifs is 2. The predicted molar refractivity (Wildman–Crippen MR) is 169 cm³/mol. The Morgan fingerprint density at radius 1 is 0.525 bits per heavy atom. The highest BCUT2D eigenvalue weighted by Gasteiger charge is 2.37. The SMILES string of the molecule is CCCCCCCC(CCCCCCC)N1C(=O)c2ccc3c4cccc5cccc(c6ccc(c2c36)C1=O)c54. The van der Waals surface area contributed by atoms with E-state index in [4.69, 9.17) is 0 Å². The molecule has 0 fully saturated rings. The van der Waals surface area contributed by atoms with Crippen LogP contribution in [-0.4, -0.2) is 22.8 Å². The lowest BCUT2D eigenvalue weighted by molar-refractivity contribution is 0.0517. The molecule has 5 aromatic rings.